The smallest absolute Gasteiger partial charge is 0.305 e. The van der Waals surface area contributed by atoms with Crippen molar-refractivity contribution in [3.05, 3.63) is 0 Å². The van der Waals surface area contributed by atoms with Gasteiger partial charge in [0.05, 0.1) is 18.4 Å². The van der Waals surface area contributed by atoms with Crippen molar-refractivity contribution in [2.75, 3.05) is 26.8 Å². The first-order valence-electron chi connectivity index (χ1n) is 5.51. The molecule has 16 heavy (non-hydrogen) atoms. The lowest BCUT2D eigenvalue weighted by Crippen LogP contribution is -2.45. The molecule has 0 radical (unpaired) electrons. The SMILES string of the molecule is CN(CCC(=O)O)C(=O)C1(C)CCCOC1. The van der Waals surface area contributed by atoms with Crippen LogP contribution in [0, 0.1) is 5.41 Å². The molecule has 1 saturated heterocycles. The van der Waals surface area contributed by atoms with Gasteiger partial charge in [0.25, 0.3) is 0 Å². The highest BCUT2D eigenvalue weighted by molar-refractivity contribution is 5.82. The van der Waals surface area contributed by atoms with Crippen molar-refractivity contribution >= 4 is 11.9 Å². The predicted molar refractivity (Wildman–Crippen MR) is 58.0 cm³/mol. The zero-order valence-electron chi connectivity index (χ0n) is 9.86. The van der Waals surface area contributed by atoms with Crippen LogP contribution in [0.25, 0.3) is 0 Å². The number of hydrogen-bond donors (Lipinski definition) is 1. The maximum absolute atomic E-state index is 12.1. The number of carboxylic acid groups (broad SMARTS) is 1. The Morgan fingerprint density at radius 1 is 1.50 bits per heavy atom. The minimum Gasteiger partial charge on any atom is -0.481 e. The van der Waals surface area contributed by atoms with Crippen LogP contribution in [0.3, 0.4) is 0 Å². The van der Waals surface area contributed by atoms with Gasteiger partial charge in [-0.3, -0.25) is 9.59 Å². The second kappa shape index (κ2) is 5.30. The molecule has 0 aromatic heterocycles. The second-order valence-corrected chi connectivity index (χ2v) is 4.59. The first-order valence-corrected chi connectivity index (χ1v) is 5.51. The second-order valence-electron chi connectivity index (χ2n) is 4.59. The van der Waals surface area contributed by atoms with Crippen LogP contribution in [-0.2, 0) is 14.3 Å². The first kappa shape index (κ1) is 13.0. The van der Waals surface area contributed by atoms with Gasteiger partial charge in [-0.05, 0) is 19.8 Å². The third kappa shape index (κ3) is 3.20. The van der Waals surface area contributed by atoms with E-state index in [1.54, 1.807) is 7.05 Å². The van der Waals surface area contributed by atoms with Gasteiger partial charge < -0.3 is 14.7 Å². The van der Waals surface area contributed by atoms with E-state index in [1.165, 1.54) is 4.90 Å². The number of amides is 1. The van der Waals surface area contributed by atoms with E-state index in [0.717, 1.165) is 12.8 Å². The number of carbonyl (C=O) groups is 2. The van der Waals surface area contributed by atoms with E-state index in [1.807, 2.05) is 6.92 Å². The summed E-state index contributed by atoms with van der Waals surface area (Å²) in [4.78, 5) is 24.0. The van der Waals surface area contributed by atoms with Crippen molar-refractivity contribution in [1.82, 2.24) is 4.90 Å². The number of ether oxygens (including phenoxy) is 1. The van der Waals surface area contributed by atoms with E-state index in [0.29, 0.717) is 13.2 Å². The molecule has 0 saturated carbocycles. The lowest BCUT2D eigenvalue weighted by atomic mass is 9.83. The molecule has 1 fully saturated rings. The van der Waals surface area contributed by atoms with Crippen LogP contribution in [0.1, 0.15) is 26.2 Å². The summed E-state index contributed by atoms with van der Waals surface area (Å²) in [6.45, 7) is 3.28. The maximum Gasteiger partial charge on any atom is 0.305 e. The lowest BCUT2D eigenvalue weighted by molar-refractivity contribution is -0.148. The molecule has 1 rings (SSSR count). The molecule has 92 valence electrons. The predicted octanol–water partition coefficient (Wildman–Crippen LogP) is 0.736. The lowest BCUT2D eigenvalue weighted by Gasteiger charge is -2.35. The average molecular weight is 229 g/mol. The molecule has 0 bridgehead atoms. The van der Waals surface area contributed by atoms with Gasteiger partial charge in [-0.15, -0.1) is 0 Å². The standard InChI is InChI=1S/C11H19NO4/c1-11(5-3-7-16-8-11)10(15)12(2)6-4-9(13)14/h3-8H2,1-2H3,(H,13,14). The molecule has 1 atom stereocenters. The molecule has 0 spiro atoms. The molecular formula is C11H19NO4. The van der Waals surface area contributed by atoms with E-state index < -0.39 is 11.4 Å². The zero-order valence-corrected chi connectivity index (χ0v) is 9.86. The normalized spacial score (nSPS) is 25.1. The number of carboxylic acids is 1. The van der Waals surface area contributed by atoms with Crippen molar-refractivity contribution in [3.8, 4) is 0 Å². The van der Waals surface area contributed by atoms with Crippen LogP contribution < -0.4 is 0 Å². The van der Waals surface area contributed by atoms with Crippen LogP contribution in [0.4, 0.5) is 0 Å². The van der Waals surface area contributed by atoms with Crippen molar-refractivity contribution in [1.29, 1.82) is 0 Å². The Hall–Kier alpha value is -1.10. The molecule has 5 heteroatoms. The van der Waals surface area contributed by atoms with Gasteiger partial charge in [0.1, 0.15) is 0 Å². The summed E-state index contributed by atoms with van der Waals surface area (Å²) >= 11 is 0. The largest absolute Gasteiger partial charge is 0.481 e. The Morgan fingerprint density at radius 3 is 2.69 bits per heavy atom. The fraction of sp³-hybridized carbons (Fsp3) is 0.818. The summed E-state index contributed by atoms with van der Waals surface area (Å²) < 4.78 is 5.32. The molecule has 1 N–H and O–H groups in total. The molecule has 0 aliphatic carbocycles. The molecule has 0 aromatic carbocycles. The fourth-order valence-corrected chi connectivity index (χ4v) is 1.93. The highest BCUT2D eigenvalue weighted by Gasteiger charge is 2.37. The van der Waals surface area contributed by atoms with E-state index in [9.17, 15) is 9.59 Å². The van der Waals surface area contributed by atoms with Crippen LogP contribution in [0.5, 0.6) is 0 Å². The van der Waals surface area contributed by atoms with Crippen molar-refractivity contribution in [2.45, 2.75) is 26.2 Å². The quantitative estimate of drug-likeness (QED) is 0.772. The summed E-state index contributed by atoms with van der Waals surface area (Å²) in [5, 5.41) is 8.56. The Kier molecular flexibility index (Phi) is 4.29. The Balaban J connectivity index is 2.51. The summed E-state index contributed by atoms with van der Waals surface area (Å²) in [6.07, 6.45) is 1.68. The average Bonchev–Trinajstić information content (AvgIpc) is 2.25. The van der Waals surface area contributed by atoms with Crippen LogP contribution in [-0.4, -0.2) is 48.7 Å². The molecule has 5 nitrogen and oxygen atoms in total. The first-order chi connectivity index (χ1) is 7.46. The monoisotopic (exact) mass is 229 g/mol. The highest BCUT2D eigenvalue weighted by atomic mass is 16.5. The molecule has 1 aliphatic rings. The van der Waals surface area contributed by atoms with Gasteiger partial charge in [-0.2, -0.15) is 0 Å². The molecule has 1 aliphatic heterocycles. The minimum absolute atomic E-state index is 0.0147. The van der Waals surface area contributed by atoms with E-state index in [-0.39, 0.29) is 18.9 Å². The van der Waals surface area contributed by atoms with Gasteiger partial charge in [0.15, 0.2) is 0 Å². The van der Waals surface area contributed by atoms with E-state index >= 15 is 0 Å². The van der Waals surface area contributed by atoms with Gasteiger partial charge >= 0.3 is 5.97 Å². The molecule has 1 heterocycles. The third-order valence-corrected chi connectivity index (χ3v) is 2.96. The van der Waals surface area contributed by atoms with Gasteiger partial charge in [-0.25, -0.2) is 0 Å². The maximum atomic E-state index is 12.1. The van der Waals surface area contributed by atoms with Gasteiger partial charge in [0, 0.05) is 20.2 Å². The molecule has 0 aromatic rings. The van der Waals surface area contributed by atoms with Crippen LogP contribution in [0.15, 0.2) is 0 Å². The summed E-state index contributed by atoms with van der Waals surface area (Å²) in [6, 6.07) is 0. The van der Waals surface area contributed by atoms with Crippen LogP contribution in [0.2, 0.25) is 0 Å². The Morgan fingerprint density at radius 2 is 2.19 bits per heavy atom. The van der Waals surface area contributed by atoms with E-state index in [4.69, 9.17) is 9.84 Å². The zero-order chi connectivity index (χ0) is 12.2. The van der Waals surface area contributed by atoms with Crippen molar-refractivity contribution < 1.29 is 19.4 Å². The fourth-order valence-electron chi connectivity index (χ4n) is 1.93. The number of hydrogen-bond acceptors (Lipinski definition) is 3. The summed E-state index contributed by atoms with van der Waals surface area (Å²) in [5.74, 6) is -0.904. The minimum atomic E-state index is -0.885. The topological polar surface area (TPSA) is 66.8 Å². The van der Waals surface area contributed by atoms with E-state index in [2.05, 4.69) is 0 Å². The molecule has 1 unspecified atom stereocenters. The Bertz CT molecular complexity index is 271. The van der Waals surface area contributed by atoms with Gasteiger partial charge in [-0.1, -0.05) is 0 Å². The number of nitrogens with zero attached hydrogens (tertiary/aromatic N) is 1. The highest BCUT2D eigenvalue weighted by Crippen LogP contribution is 2.29. The number of carbonyl (C=O) groups excluding carboxylic acids is 1. The van der Waals surface area contributed by atoms with Crippen molar-refractivity contribution in [3.63, 3.8) is 0 Å². The molecule has 1 amide bonds. The van der Waals surface area contributed by atoms with Crippen molar-refractivity contribution in [2.24, 2.45) is 5.41 Å². The van der Waals surface area contributed by atoms with Crippen LogP contribution >= 0.6 is 0 Å². The Labute approximate surface area is 95.4 Å². The van der Waals surface area contributed by atoms with Gasteiger partial charge in [0.2, 0.25) is 5.91 Å². The molecular weight excluding hydrogens is 210 g/mol. The number of rotatable bonds is 4. The third-order valence-electron chi connectivity index (χ3n) is 2.96. The summed E-state index contributed by atoms with van der Waals surface area (Å²) in [5.41, 5.74) is -0.481. The number of aliphatic carboxylic acids is 1. The summed E-state index contributed by atoms with van der Waals surface area (Å²) in [7, 11) is 1.64.